The second-order valence-corrected chi connectivity index (χ2v) is 9.68. The average molecular weight is 458 g/mol. The van der Waals surface area contributed by atoms with Gasteiger partial charge < -0.3 is 14.7 Å². The highest BCUT2D eigenvalue weighted by Crippen LogP contribution is 2.34. The molecule has 2 aliphatic rings. The fraction of sp³-hybridized carbons (Fsp3) is 0.417. The molecule has 5 nitrogen and oxygen atoms in total. The van der Waals surface area contributed by atoms with E-state index in [4.69, 9.17) is 11.6 Å². The molecule has 0 bridgehead atoms. The number of aryl methyl sites for hydroxylation is 1. The maximum Gasteiger partial charge on any atom is 0.255 e. The van der Waals surface area contributed by atoms with E-state index >= 15 is 0 Å². The van der Waals surface area contributed by atoms with Crippen LogP contribution in [0.25, 0.3) is 0 Å². The number of carbonyl (C=O) groups is 2. The molecule has 2 heterocycles. The summed E-state index contributed by atoms with van der Waals surface area (Å²) in [6, 6.07) is 15.0. The zero-order chi connectivity index (χ0) is 22.0. The third-order valence-electron chi connectivity index (χ3n) is 6.01. The Labute approximate surface area is 193 Å². The predicted molar refractivity (Wildman–Crippen MR) is 128 cm³/mol. The summed E-state index contributed by atoms with van der Waals surface area (Å²) in [4.78, 5) is 32.8. The van der Waals surface area contributed by atoms with Crippen LogP contribution in [0.2, 0.25) is 5.02 Å². The Morgan fingerprint density at radius 3 is 2.48 bits per heavy atom. The molecular weight excluding hydrogens is 430 g/mol. The Morgan fingerprint density at radius 1 is 1.06 bits per heavy atom. The molecule has 4 rings (SSSR count). The largest absolute Gasteiger partial charge is 0.367 e. The van der Waals surface area contributed by atoms with Gasteiger partial charge in [-0.25, -0.2) is 0 Å². The van der Waals surface area contributed by atoms with Crippen molar-refractivity contribution in [1.82, 2.24) is 9.80 Å². The molecule has 2 atom stereocenters. The van der Waals surface area contributed by atoms with Gasteiger partial charge in [-0.15, -0.1) is 11.8 Å². The summed E-state index contributed by atoms with van der Waals surface area (Å²) in [6.07, 6.45) is 0.826. The van der Waals surface area contributed by atoms with Crippen LogP contribution < -0.4 is 4.90 Å². The molecular formula is C24H28ClN3O2S. The van der Waals surface area contributed by atoms with Gasteiger partial charge >= 0.3 is 0 Å². The number of benzene rings is 2. The van der Waals surface area contributed by atoms with Crippen LogP contribution in [0.5, 0.6) is 0 Å². The number of para-hydroxylation sites is 1. The maximum atomic E-state index is 13.5. The molecule has 0 aromatic heterocycles. The SMILES string of the molecule is CCC1SCC(C(=O)N2CCN(c3ccccc3Cl)CC2)N1C(=O)c1cccc(C)c1. The van der Waals surface area contributed by atoms with Crippen molar-refractivity contribution in [2.45, 2.75) is 31.7 Å². The first-order chi connectivity index (χ1) is 15.0. The van der Waals surface area contributed by atoms with Crippen LogP contribution in [0.4, 0.5) is 5.69 Å². The van der Waals surface area contributed by atoms with Crippen LogP contribution >= 0.6 is 23.4 Å². The molecule has 2 aromatic carbocycles. The van der Waals surface area contributed by atoms with Gasteiger partial charge in [-0.1, -0.05) is 48.4 Å². The molecule has 164 valence electrons. The third-order valence-corrected chi connectivity index (χ3v) is 7.78. The summed E-state index contributed by atoms with van der Waals surface area (Å²) >= 11 is 8.05. The number of halogens is 1. The van der Waals surface area contributed by atoms with Crippen molar-refractivity contribution in [3.05, 3.63) is 64.7 Å². The molecule has 2 fully saturated rings. The fourth-order valence-corrected chi connectivity index (χ4v) is 5.96. The highest BCUT2D eigenvalue weighted by Gasteiger charge is 2.43. The summed E-state index contributed by atoms with van der Waals surface area (Å²) in [5, 5.41) is 0.765. The van der Waals surface area contributed by atoms with Crippen molar-refractivity contribution in [1.29, 1.82) is 0 Å². The predicted octanol–water partition coefficient (Wildman–Crippen LogP) is 4.29. The highest BCUT2D eigenvalue weighted by molar-refractivity contribution is 8.00. The maximum absolute atomic E-state index is 13.5. The minimum atomic E-state index is -0.408. The second kappa shape index (κ2) is 9.53. The Hall–Kier alpha value is -2.18. The van der Waals surface area contributed by atoms with E-state index in [1.807, 2.05) is 65.3 Å². The van der Waals surface area contributed by atoms with Crippen molar-refractivity contribution < 1.29 is 9.59 Å². The first kappa shape index (κ1) is 22.0. The van der Waals surface area contributed by atoms with Crippen molar-refractivity contribution in [3.63, 3.8) is 0 Å². The van der Waals surface area contributed by atoms with Crippen LogP contribution in [0.3, 0.4) is 0 Å². The quantitative estimate of drug-likeness (QED) is 0.687. The lowest BCUT2D eigenvalue weighted by molar-refractivity contribution is -0.135. The van der Waals surface area contributed by atoms with E-state index in [9.17, 15) is 9.59 Å². The van der Waals surface area contributed by atoms with Gasteiger partial charge in [0.25, 0.3) is 5.91 Å². The molecule has 2 saturated heterocycles. The van der Waals surface area contributed by atoms with E-state index in [0.29, 0.717) is 24.4 Å². The van der Waals surface area contributed by atoms with Gasteiger partial charge in [0, 0.05) is 37.5 Å². The molecule has 2 aliphatic heterocycles. The third kappa shape index (κ3) is 4.55. The minimum Gasteiger partial charge on any atom is -0.367 e. The van der Waals surface area contributed by atoms with Gasteiger partial charge in [-0.2, -0.15) is 0 Å². The molecule has 2 aromatic rings. The lowest BCUT2D eigenvalue weighted by atomic mass is 10.1. The monoisotopic (exact) mass is 457 g/mol. The molecule has 0 N–H and O–H groups in total. The van der Waals surface area contributed by atoms with E-state index in [-0.39, 0.29) is 17.2 Å². The van der Waals surface area contributed by atoms with Gasteiger partial charge in [0.05, 0.1) is 16.1 Å². The standard InChI is InChI=1S/C24H28ClN3O2S/c1-3-22-28(23(29)18-8-6-7-17(2)15-18)21(16-31-22)24(30)27-13-11-26(12-14-27)20-10-5-4-9-19(20)25/h4-10,15,21-22H,3,11-14,16H2,1-2H3. The molecule has 0 spiro atoms. The van der Waals surface area contributed by atoms with Crippen molar-refractivity contribution in [2.75, 3.05) is 36.8 Å². The molecule has 0 saturated carbocycles. The zero-order valence-electron chi connectivity index (χ0n) is 18.0. The van der Waals surface area contributed by atoms with Crippen LogP contribution in [0, 0.1) is 6.92 Å². The zero-order valence-corrected chi connectivity index (χ0v) is 19.5. The molecule has 0 radical (unpaired) electrons. The van der Waals surface area contributed by atoms with E-state index in [1.54, 1.807) is 11.8 Å². The lowest BCUT2D eigenvalue weighted by Crippen LogP contribution is -2.56. The molecule has 0 aliphatic carbocycles. The van der Waals surface area contributed by atoms with Crippen molar-refractivity contribution >= 4 is 40.9 Å². The van der Waals surface area contributed by atoms with Gasteiger partial charge in [0.1, 0.15) is 6.04 Å². The van der Waals surface area contributed by atoms with Crippen molar-refractivity contribution in [3.8, 4) is 0 Å². The molecule has 31 heavy (non-hydrogen) atoms. The Kier molecular flexibility index (Phi) is 6.77. The number of hydrogen-bond acceptors (Lipinski definition) is 4. The van der Waals surface area contributed by atoms with Crippen LogP contribution in [-0.4, -0.2) is 65.0 Å². The first-order valence-electron chi connectivity index (χ1n) is 10.8. The number of amides is 2. The molecule has 2 unspecified atom stereocenters. The molecule has 2 amide bonds. The number of anilines is 1. The van der Waals surface area contributed by atoms with Gasteiger partial charge in [0.2, 0.25) is 5.91 Å². The number of hydrogen-bond donors (Lipinski definition) is 0. The summed E-state index contributed by atoms with van der Waals surface area (Å²) in [5.41, 5.74) is 2.71. The van der Waals surface area contributed by atoms with E-state index < -0.39 is 6.04 Å². The van der Waals surface area contributed by atoms with Crippen LogP contribution in [0.1, 0.15) is 29.3 Å². The number of thioether (sulfide) groups is 1. The summed E-state index contributed by atoms with van der Waals surface area (Å²) in [6.45, 7) is 6.79. The second-order valence-electron chi connectivity index (χ2n) is 8.06. The Morgan fingerprint density at radius 2 is 1.81 bits per heavy atom. The fourth-order valence-electron chi connectivity index (χ4n) is 4.35. The highest BCUT2D eigenvalue weighted by atomic mass is 35.5. The first-order valence-corrected chi connectivity index (χ1v) is 12.2. The Balaban J connectivity index is 1.47. The Bertz CT molecular complexity index is 961. The minimum absolute atomic E-state index is 0.0337. The normalized spacial score (nSPS) is 21.5. The van der Waals surface area contributed by atoms with Gasteiger partial charge in [0.15, 0.2) is 0 Å². The summed E-state index contributed by atoms with van der Waals surface area (Å²) < 4.78 is 0. The van der Waals surface area contributed by atoms with Crippen LogP contribution in [0.15, 0.2) is 48.5 Å². The molecule has 7 heteroatoms. The number of carbonyl (C=O) groups excluding carboxylic acids is 2. The van der Waals surface area contributed by atoms with E-state index in [2.05, 4.69) is 11.8 Å². The topological polar surface area (TPSA) is 43.9 Å². The number of piperazine rings is 1. The smallest absolute Gasteiger partial charge is 0.255 e. The van der Waals surface area contributed by atoms with Gasteiger partial charge in [-0.3, -0.25) is 9.59 Å². The number of nitrogens with zero attached hydrogens (tertiary/aromatic N) is 3. The number of rotatable bonds is 4. The van der Waals surface area contributed by atoms with Crippen LogP contribution in [-0.2, 0) is 4.79 Å². The van der Waals surface area contributed by atoms with E-state index in [0.717, 1.165) is 35.8 Å². The van der Waals surface area contributed by atoms with E-state index in [1.165, 1.54) is 0 Å². The van der Waals surface area contributed by atoms with Gasteiger partial charge in [-0.05, 0) is 37.6 Å². The summed E-state index contributed by atoms with van der Waals surface area (Å²) in [7, 11) is 0. The van der Waals surface area contributed by atoms with Crippen molar-refractivity contribution in [2.24, 2.45) is 0 Å². The average Bonchev–Trinajstić information content (AvgIpc) is 3.22. The lowest BCUT2D eigenvalue weighted by Gasteiger charge is -2.39. The summed E-state index contributed by atoms with van der Waals surface area (Å²) in [5.74, 6) is 0.663.